The molecule has 0 bridgehead atoms. The molecule has 0 aromatic heterocycles. The zero-order valence-electron chi connectivity index (χ0n) is 13.2. The van der Waals surface area contributed by atoms with Crippen LogP contribution in [-0.4, -0.2) is 18.4 Å². The van der Waals surface area contributed by atoms with Crippen LogP contribution in [0.5, 0.6) is 0 Å². The third-order valence-electron chi connectivity index (χ3n) is 4.20. The van der Waals surface area contributed by atoms with Crippen LogP contribution in [0.3, 0.4) is 0 Å². The van der Waals surface area contributed by atoms with Crippen molar-refractivity contribution >= 4 is 11.8 Å². The number of ether oxygens (including phenoxy) is 1. The van der Waals surface area contributed by atoms with E-state index in [1.54, 1.807) is 6.92 Å². The van der Waals surface area contributed by atoms with E-state index in [4.69, 9.17) is 4.74 Å². The van der Waals surface area contributed by atoms with Gasteiger partial charge in [0.15, 0.2) is 5.78 Å². The molecule has 0 heterocycles. The summed E-state index contributed by atoms with van der Waals surface area (Å²) >= 11 is 0. The maximum Gasteiger partial charge on any atom is 0.323 e. The minimum atomic E-state index is -1.14. The molecule has 1 aliphatic rings. The topological polar surface area (TPSA) is 43.4 Å². The van der Waals surface area contributed by atoms with Gasteiger partial charge in [-0.2, -0.15) is 0 Å². The Kier molecular flexibility index (Phi) is 4.82. The lowest BCUT2D eigenvalue weighted by atomic mass is 9.78. The molecule has 0 aliphatic heterocycles. The van der Waals surface area contributed by atoms with Gasteiger partial charge in [-0.15, -0.1) is 0 Å². The van der Waals surface area contributed by atoms with E-state index >= 15 is 0 Å². The van der Waals surface area contributed by atoms with E-state index in [2.05, 4.69) is 11.8 Å². The van der Waals surface area contributed by atoms with E-state index in [0.29, 0.717) is 12.8 Å². The monoisotopic (exact) mass is 296 g/mol. The Morgan fingerprint density at radius 3 is 2.50 bits per heavy atom. The lowest BCUT2D eigenvalue weighted by Crippen LogP contribution is -2.38. The van der Waals surface area contributed by atoms with Crippen LogP contribution < -0.4 is 0 Å². The van der Waals surface area contributed by atoms with Gasteiger partial charge in [0.05, 0.1) is 6.61 Å². The molecular weight excluding hydrogens is 276 g/mol. The summed E-state index contributed by atoms with van der Waals surface area (Å²) in [5.41, 5.74) is 1.38. The molecule has 1 aromatic carbocycles. The van der Waals surface area contributed by atoms with Crippen LogP contribution in [-0.2, 0) is 14.3 Å². The number of carbonyl (C=O) groups excluding carboxylic acids is 2. The third kappa shape index (κ3) is 2.82. The van der Waals surface area contributed by atoms with Gasteiger partial charge in [0.25, 0.3) is 0 Å². The first-order chi connectivity index (χ1) is 10.5. The number of hydrogen-bond acceptors (Lipinski definition) is 3. The Bertz CT molecular complexity index is 674. The zero-order valence-corrected chi connectivity index (χ0v) is 13.2. The molecule has 0 N–H and O–H groups in total. The molecule has 0 radical (unpaired) electrons. The molecule has 22 heavy (non-hydrogen) atoms. The van der Waals surface area contributed by atoms with Gasteiger partial charge in [0, 0.05) is 11.1 Å². The summed E-state index contributed by atoms with van der Waals surface area (Å²) < 4.78 is 5.13. The van der Waals surface area contributed by atoms with Gasteiger partial charge in [-0.1, -0.05) is 30.0 Å². The maximum atomic E-state index is 12.3. The molecule has 2 rings (SSSR count). The van der Waals surface area contributed by atoms with E-state index in [0.717, 1.165) is 16.7 Å². The molecule has 0 spiro atoms. The number of hydrogen-bond donors (Lipinski definition) is 0. The molecule has 1 aromatic rings. The van der Waals surface area contributed by atoms with Crippen molar-refractivity contribution in [2.45, 2.75) is 33.6 Å². The van der Waals surface area contributed by atoms with Gasteiger partial charge in [0.1, 0.15) is 5.41 Å². The molecule has 0 amide bonds. The van der Waals surface area contributed by atoms with E-state index < -0.39 is 11.4 Å². The van der Waals surface area contributed by atoms with Gasteiger partial charge in [-0.3, -0.25) is 9.59 Å². The quantitative estimate of drug-likeness (QED) is 0.488. The summed E-state index contributed by atoms with van der Waals surface area (Å²) in [6.07, 6.45) is 1.08. The van der Waals surface area contributed by atoms with Crippen LogP contribution in [0, 0.1) is 17.3 Å². The normalized spacial score (nSPS) is 20.3. The Morgan fingerprint density at radius 1 is 1.23 bits per heavy atom. The second kappa shape index (κ2) is 6.62. The highest BCUT2D eigenvalue weighted by atomic mass is 16.5. The highest BCUT2D eigenvalue weighted by Crippen LogP contribution is 2.44. The average molecular weight is 296 g/mol. The second-order valence-electron chi connectivity index (χ2n) is 5.40. The van der Waals surface area contributed by atoms with E-state index in [1.165, 1.54) is 6.92 Å². The highest BCUT2D eigenvalue weighted by Gasteiger charge is 2.50. The lowest BCUT2D eigenvalue weighted by molar-refractivity contribution is -0.156. The SMILES string of the molecule is CCOC(=O)C1(C(C)=O)CCC(C#Cc2ccccc2)=C1C. The molecule has 1 aliphatic carbocycles. The first-order valence-corrected chi connectivity index (χ1v) is 7.48. The number of ketones is 1. The summed E-state index contributed by atoms with van der Waals surface area (Å²) in [5.74, 6) is 5.60. The summed E-state index contributed by atoms with van der Waals surface area (Å²) in [6, 6.07) is 9.66. The molecular formula is C19H20O3. The fourth-order valence-corrected chi connectivity index (χ4v) is 2.86. The molecule has 0 saturated carbocycles. The van der Waals surface area contributed by atoms with Crippen LogP contribution in [0.1, 0.15) is 39.2 Å². The molecule has 0 fully saturated rings. The van der Waals surface area contributed by atoms with Crippen molar-refractivity contribution in [3.8, 4) is 11.8 Å². The molecule has 1 unspecified atom stereocenters. The predicted molar refractivity (Wildman–Crippen MR) is 85.0 cm³/mol. The Labute approximate surface area is 131 Å². The number of benzene rings is 1. The smallest absolute Gasteiger partial charge is 0.323 e. The largest absolute Gasteiger partial charge is 0.465 e. The van der Waals surface area contributed by atoms with Crippen molar-refractivity contribution in [3.63, 3.8) is 0 Å². The van der Waals surface area contributed by atoms with Gasteiger partial charge < -0.3 is 4.74 Å². The number of rotatable bonds is 3. The standard InChI is InChI=1S/C19H20O3/c1-4-22-18(21)19(15(3)20)13-12-17(14(19)2)11-10-16-8-6-5-7-9-16/h5-9H,4,12-13H2,1-3H3. The second-order valence-corrected chi connectivity index (χ2v) is 5.40. The molecule has 0 saturated heterocycles. The summed E-state index contributed by atoms with van der Waals surface area (Å²) in [6.45, 7) is 5.29. The molecule has 3 heteroatoms. The van der Waals surface area contributed by atoms with Crippen LogP contribution in [0.4, 0.5) is 0 Å². The minimum Gasteiger partial charge on any atom is -0.465 e. The Hall–Kier alpha value is -2.34. The lowest BCUT2D eigenvalue weighted by Gasteiger charge is -2.25. The molecule has 3 nitrogen and oxygen atoms in total. The first-order valence-electron chi connectivity index (χ1n) is 7.48. The fraction of sp³-hybridized carbons (Fsp3) is 0.368. The van der Waals surface area contributed by atoms with Crippen molar-refractivity contribution in [2.75, 3.05) is 6.61 Å². The van der Waals surface area contributed by atoms with Crippen molar-refractivity contribution in [2.24, 2.45) is 5.41 Å². The van der Waals surface area contributed by atoms with Crippen LogP contribution in [0.15, 0.2) is 41.5 Å². The minimum absolute atomic E-state index is 0.167. The summed E-state index contributed by atoms with van der Waals surface area (Å²) in [4.78, 5) is 24.4. The van der Waals surface area contributed by atoms with Gasteiger partial charge in [-0.25, -0.2) is 0 Å². The van der Waals surface area contributed by atoms with Gasteiger partial charge in [0.2, 0.25) is 0 Å². The average Bonchev–Trinajstić information content (AvgIpc) is 2.84. The number of carbonyl (C=O) groups is 2. The van der Waals surface area contributed by atoms with E-state index in [-0.39, 0.29) is 12.4 Å². The Morgan fingerprint density at radius 2 is 1.91 bits per heavy atom. The van der Waals surface area contributed by atoms with Gasteiger partial charge >= 0.3 is 5.97 Å². The molecule has 114 valence electrons. The van der Waals surface area contributed by atoms with Crippen molar-refractivity contribution in [1.82, 2.24) is 0 Å². The molecule has 1 atom stereocenters. The predicted octanol–water partition coefficient (Wildman–Crippen LogP) is 3.29. The van der Waals surface area contributed by atoms with Crippen LogP contribution >= 0.6 is 0 Å². The van der Waals surface area contributed by atoms with Crippen molar-refractivity contribution in [3.05, 3.63) is 47.0 Å². The fourth-order valence-electron chi connectivity index (χ4n) is 2.86. The van der Waals surface area contributed by atoms with Crippen LogP contribution in [0.25, 0.3) is 0 Å². The first kappa shape index (κ1) is 16.0. The van der Waals surface area contributed by atoms with Gasteiger partial charge in [-0.05, 0) is 51.3 Å². The number of Topliss-reactive ketones (excluding diaryl/α,β-unsaturated/α-hetero) is 1. The summed E-state index contributed by atoms with van der Waals surface area (Å²) in [5, 5.41) is 0. The number of esters is 1. The van der Waals surface area contributed by atoms with E-state index in [9.17, 15) is 9.59 Å². The van der Waals surface area contributed by atoms with Crippen LogP contribution in [0.2, 0.25) is 0 Å². The Balaban J connectivity index is 2.38. The maximum absolute atomic E-state index is 12.3. The zero-order chi connectivity index (χ0) is 16.2. The number of allylic oxidation sites excluding steroid dienone is 1. The van der Waals surface area contributed by atoms with Crippen molar-refractivity contribution in [1.29, 1.82) is 0 Å². The third-order valence-corrected chi connectivity index (χ3v) is 4.20. The van der Waals surface area contributed by atoms with E-state index in [1.807, 2.05) is 37.3 Å². The van der Waals surface area contributed by atoms with Crippen molar-refractivity contribution < 1.29 is 14.3 Å². The summed E-state index contributed by atoms with van der Waals surface area (Å²) in [7, 11) is 0. The highest BCUT2D eigenvalue weighted by molar-refractivity contribution is 6.06.